The summed E-state index contributed by atoms with van der Waals surface area (Å²) in [5.41, 5.74) is 1.23. The van der Waals surface area contributed by atoms with Crippen molar-refractivity contribution in [2.24, 2.45) is 0 Å². The van der Waals surface area contributed by atoms with Gasteiger partial charge in [-0.25, -0.2) is 0 Å². The number of rotatable bonds is 6. The molecule has 0 aromatic carbocycles. The third kappa shape index (κ3) is 4.53. The molecule has 0 bridgehead atoms. The van der Waals surface area contributed by atoms with Crippen LogP contribution in [0.3, 0.4) is 0 Å². The second-order valence-electron chi connectivity index (χ2n) is 3.29. The van der Waals surface area contributed by atoms with Gasteiger partial charge in [-0.1, -0.05) is 5.57 Å². The lowest BCUT2D eigenvalue weighted by atomic mass is 10.2. The van der Waals surface area contributed by atoms with Crippen molar-refractivity contribution >= 4 is 0 Å². The van der Waals surface area contributed by atoms with Gasteiger partial charge in [0.2, 0.25) is 0 Å². The minimum absolute atomic E-state index is 0.961. The topological polar surface area (TPSA) is 25.2 Å². The van der Waals surface area contributed by atoms with Crippen LogP contribution in [0.2, 0.25) is 0 Å². The molecule has 2 heteroatoms. The second-order valence-corrected chi connectivity index (χ2v) is 3.29. The molecule has 72 valence electrons. The fourth-order valence-corrected chi connectivity index (χ4v) is 1.09. The molecule has 1 aromatic rings. The Balaban J connectivity index is 1.99. The Labute approximate surface area is 79.6 Å². The van der Waals surface area contributed by atoms with E-state index >= 15 is 0 Å². The number of hydrogen-bond donors (Lipinski definition) is 1. The highest BCUT2D eigenvalue weighted by molar-refractivity contribution is 4.98. The molecule has 0 atom stereocenters. The first-order chi connectivity index (χ1) is 6.29. The standard InChI is InChI=1S/C11H17NO/c1-10(2)5-7-12-8-6-11-4-3-9-13-11/h3-4,9,12H,1,5-8H2,2H3. The van der Waals surface area contributed by atoms with E-state index < -0.39 is 0 Å². The van der Waals surface area contributed by atoms with Gasteiger partial charge in [0.05, 0.1) is 6.26 Å². The van der Waals surface area contributed by atoms with E-state index in [2.05, 4.69) is 11.9 Å². The molecule has 13 heavy (non-hydrogen) atoms. The van der Waals surface area contributed by atoms with Crippen molar-refractivity contribution < 1.29 is 4.42 Å². The van der Waals surface area contributed by atoms with Crippen LogP contribution < -0.4 is 5.32 Å². The predicted molar refractivity (Wildman–Crippen MR) is 54.7 cm³/mol. The fraction of sp³-hybridized carbons (Fsp3) is 0.455. The maximum atomic E-state index is 5.20. The molecule has 0 unspecified atom stereocenters. The van der Waals surface area contributed by atoms with E-state index in [0.717, 1.165) is 31.7 Å². The molecule has 2 nitrogen and oxygen atoms in total. The van der Waals surface area contributed by atoms with Crippen molar-refractivity contribution in [3.63, 3.8) is 0 Å². The largest absolute Gasteiger partial charge is 0.469 e. The minimum Gasteiger partial charge on any atom is -0.469 e. The van der Waals surface area contributed by atoms with E-state index in [1.165, 1.54) is 5.57 Å². The zero-order valence-electron chi connectivity index (χ0n) is 8.18. The van der Waals surface area contributed by atoms with E-state index in [0.29, 0.717) is 0 Å². The van der Waals surface area contributed by atoms with Crippen LogP contribution in [0.5, 0.6) is 0 Å². The molecular formula is C11H17NO. The summed E-state index contributed by atoms with van der Waals surface area (Å²) in [6.07, 6.45) is 3.73. The Morgan fingerprint density at radius 3 is 3.00 bits per heavy atom. The highest BCUT2D eigenvalue weighted by Gasteiger charge is 1.94. The van der Waals surface area contributed by atoms with Crippen LogP contribution in [0.25, 0.3) is 0 Å². The van der Waals surface area contributed by atoms with Crippen molar-refractivity contribution in [2.45, 2.75) is 19.8 Å². The van der Waals surface area contributed by atoms with Gasteiger partial charge in [-0.05, 0) is 32.0 Å². The van der Waals surface area contributed by atoms with E-state index in [-0.39, 0.29) is 0 Å². The first kappa shape index (κ1) is 10.1. The van der Waals surface area contributed by atoms with Gasteiger partial charge in [0.1, 0.15) is 5.76 Å². The Bertz CT molecular complexity index is 239. The molecule has 0 aliphatic rings. The van der Waals surface area contributed by atoms with Gasteiger partial charge in [0, 0.05) is 13.0 Å². The summed E-state index contributed by atoms with van der Waals surface area (Å²) in [6.45, 7) is 7.88. The zero-order valence-corrected chi connectivity index (χ0v) is 8.18. The molecule has 1 aromatic heterocycles. The monoisotopic (exact) mass is 179 g/mol. The Hall–Kier alpha value is -1.02. The van der Waals surface area contributed by atoms with Gasteiger partial charge in [-0.15, -0.1) is 6.58 Å². The van der Waals surface area contributed by atoms with Crippen LogP contribution in [0.15, 0.2) is 35.0 Å². The van der Waals surface area contributed by atoms with Crippen molar-refractivity contribution in [2.75, 3.05) is 13.1 Å². The average Bonchev–Trinajstić information content (AvgIpc) is 2.55. The van der Waals surface area contributed by atoms with Crippen LogP contribution in [-0.4, -0.2) is 13.1 Å². The van der Waals surface area contributed by atoms with E-state index in [1.54, 1.807) is 6.26 Å². The van der Waals surface area contributed by atoms with Crippen LogP contribution in [0.1, 0.15) is 19.1 Å². The van der Waals surface area contributed by atoms with Crippen molar-refractivity contribution in [3.05, 3.63) is 36.3 Å². The smallest absolute Gasteiger partial charge is 0.105 e. The molecular weight excluding hydrogens is 162 g/mol. The lowest BCUT2D eigenvalue weighted by Crippen LogP contribution is -2.18. The number of nitrogens with one attached hydrogen (secondary N) is 1. The van der Waals surface area contributed by atoms with Crippen molar-refractivity contribution in [3.8, 4) is 0 Å². The van der Waals surface area contributed by atoms with Crippen molar-refractivity contribution in [1.82, 2.24) is 5.32 Å². The second kappa shape index (κ2) is 5.60. The molecule has 0 spiro atoms. The summed E-state index contributed by atoms with van der Waals surface area (Å²) in [5, 5.41) is 3.33. The van der Waals surface area contributed by atoms with E-state index in [1.807, 2.05) is 19.1 Å². The minimum atomic E-state index is 0.961. The molecule has 0 aliphatic heterocycles. The maximum absolute atomic E-state index is 5.20. The van der Waals surface area contributed by atoms with Crippen LogP contribution in [-0.2, 0) is 6.42 Å². The molecule has 0 fully saturated rings. The lowest BCUT2D eigenvalue weighted by Gasteiger charge is -2.02. The maximum Gasteiger partial charge on any atom is 0.105 e. The molecule has 0 saturated carbocycles. The first-order valence-electron chi connectivity index (χ1n) is 4.66. The van der Waals surface area contributed by atoms with Gasteiger partial charge in [0.25, 0.3) is 0 Å². The lowest BCUT2D eigenvalue weighted by molar-refractivity contribution is 0.499. The van der Waals surface area contributed by atoms with E-state index in [4.69, 9.17) is 4.42 Å². The Kier molecular flexibility index (Phi) is 4.33. The molecule has 1 rings (SSSR count). The summed E-state index contributed by atoms with van der Waals surface area (Å²) in [5.74, 6) is 1.04. The SMILES string of the molecule is C=C(C)CCNCCc1ccco1. The van der Waals surface area contributed by atoms with Crippen LogP contribution >= 0.6 is 0 Å². The summed E-state index contributed by atoms with van der Waals surface area (Å²) >= 11 is 0. The number of furan rings is 1. The van der Waals surface area contributed by atoms with Gasteiger partial charge in [-0.2, -0.15) is 0 Å². The first-order valence-corrected chi connectivity index (χ1v) is 4.66. The van der Waals surface area contributed by atoms with Crippen molar-refractivity contribution in [1.29, 1.82) is 0 Å². The normalized spacial score (nSPS) is 10.2. The average molecular weight is 179 g/mol. The summed E-state index contributed by atoms with van der Waals surface area (Å²) in [7, 11) is 0. The molecule has 1 heterocycles. The van der Waals surface area contributed by atoms with Crippen LogP contribution in [0.4, 0.5) is 0 Å². The zero-order chi connectivity index (χ0) is 9.52. The Morgan fingerprint density at radius 1 is 1.54 bits per heavy atom. The van der Waals surface area contributed by atoms with Crippen LogP contribution in [0, 0.1) is 0 Å². The fourth-order valence-electron chi connectivity index (χ4n) is 1.09. The quantitative estimate of drug-likeness (QED) is 0.535. The number of hydrogen-bond acceptors (Lipinski definition) is 2. The summed E-state index contributed by atoms with van der Waals surface area (Å²) in [6, 6.07) is 3.92. The Morgan fingerprint density at radius 2 is 2.38 bits per heavy atom. The predicted octanol–water partition coefficient (Wildman–Crippen LogP) is 2.38. The molecule has 1 N–H and O–H groups in total. The molecule has 0 radical (unpaired) electrons. The highest BCUT2D eigenvalue weighted by Crippen LogP contribution is 1.99. The third-order valence-corrected chi connectivity index (χ3v) is 1.86. The highest BCUT2D eigenvalue weighted by atomic mass is 16.3. The van der Waals surface area contributed by atoms with E-state index in [9.17, 15) is 0 Å². The third-order valence-electron chi connectivity index (χ3n) is 1.86. The molecule has 0 aliphatic carbocycles. The van der Waals surface area contributed by atoms with Gasteiger partial charge < -0.3 is 9.73 Å². The van der Waals surface area contributed by atoms with Gasteiger partial charge in [0.15, 0.2) is 0 Å². The summed E-state index contributed by atoms with van der Waals surface area (Å²) in [4.78, 5) is 0. The summed E-state index contributed by atoms with van der Waals surface area (Å²) < 4.78 is 5.20. The van der Waals surface area contributed by atoms with Gasteiger partial charge in [-0.3, -0.25) is 0 Å². The molecule has 0 amide bonds. The van der Waals surface area contributed by atoms with Gasteiger partial charge >= 0.3 is 0 Å². The molecule has 0 saturated heterocycles.